The highest BCUT2D eigenvalue weighted by atomic mass is 32.2. The number of rotatable bonds is 8. The third kappa shape index (κ3) is 5.76. The fourth-order valence-electron chi connectivity index (χ4n) is 3.02. The number of hydrogen-bond donors (Lipinski definition) is 2. The van der Waals surface area contributed by atoms with Gasteiger partial charge < -0.3 is 10.1 Å². The van der Waals surface area contributed by atoms with Gasteiger partial charge in [-0.05, 0) is 69.7 Å². The van der Waals surface area contributed by atoms with Crippen molar-refractivity contribution in [1.82, 2.24) is 10.0 Å². The van der Waals surface area contributed by atoms with Crippen molar-refractivity contribution in [1.29, 1.82) is 0 Å². The number of hydrogen-bond acceptors (Lipinski definition) is 4. The zero-order chi connectivity index (χ0) is 17.6. The Morgan fingerprint density at radius 3 is 2.29 bits per heavy atom. The van der Waals surface area contributed by atoms with Crippen molar-refractivity contribution in [2.75, 3.05) is 13.7 Å². The third-order valence-electron chi connectivity index (χ3n) is 4.72. The normalized spacial score (nSPS) is 21.8. The van der Waals surface area contributed by atoms with Gasteiger partial charge in [0.25, 0.3) is 0 Å². The minimum absolute atomic E-state index is 0.107. The molecule has 0 spiro atoms. The number of nitrogens with one attached hydrogen (secondary N) is 2. The van der Waals surface area contributed by atoms with Crippen LogP contribution in [0.5, 0.6) is 5.75 Å². The molecule has 1 aromatic rings. The Morgan fingerprint density at radius 1 is 1.12 bits per heavy atom. The highest BCUT2D eigenvalue weighted by Crippen LogP contribution is 2.24. The van der Waals surface area contributed by atoms with Crippen molar-refractivity contribution in [3.8, 4) is 5.75 Å². The van der Waals surface area contributed by atoms with Gasteiger partial charge in [0.15, 0.2) is 0 Å². The van der Waals surface area contributed by atoms with Crippen molar-refractivity contribution in [2.24, 2.45) is 5.92 Å². The van der Waals surface area contributed by atoms with Gasteiger partial charge in [-0.2, -0.15) is 0 Å². The van der Waals surface area contributed by atoms with Crippen LogP contribution in [0.15, 0.2) is 24.3 Å². The van der Waals surface area contributed by atoms with E-state index in [1.54, 1.807) is 21.0 Å². The lowest BCUT2D eigenvalue weighted by Crippen LogP contribution is -2.41. The molecule has 1 aliphatic carbocycles. The summed E-state index contributed by atoms with van der Waals surface area (Å²) >= 11 is 0. The predicted octanol–water partition coefficient (Wildman–Crippen LogP) is 2.67. The molecular weight excluding hydrogens is 324 g/mol. The maximum absolute atomic E-state index is 11.9. The number of ether oxygens (including phenoxy) is 1. The lowest BCUT2D eigenvalue weighted by Gasteiger charge is -2.29. The molecule has 0 aliphatic heterocycles. The Morgan fingerprint density at radius 2 is 1.75 bits per heavy atom. The smallest absolute Gasteiger partial charge is 0.214 e. The average molecular weight is 355 g/mol. The summed E-state index contributed by atoms with van der Waals surface area (Å²) in [4.78, 5) is 0. The van der Waals surface area contributed by atoms with Gasteiger partial charge in [0.2, 0.25) is 10.0 Å². The van der Waals surface area contributed by atoms with E-state index in [1.165, 1.54) is 5.56 Å². The van der Waals surface area contributed by atoms with E-state index in [9.17, 15) is 8.42 Å². The van der Waals surface area contributed by atoms with Gasteiger partial charge in [-0.15, -0.1) is 0 Å². The number of benzene rings is 1. The SMILES string of the molecule is COc1ccc(CNCC2CCC(NS(=O)(=O)C(C)C)CC2)cc1. The molecule has 0 saturated heterocycles. The summed E-state index contributed by atoms with van der Waals surface area (Å²) in [5.74, 6) is 1.50. The summed E-state index contributed by atoms with van der Waals surface area (Å²) in [6, 6.07) is 8.20. The summed E-state index contributed by atoms with van der Waals surface area (Å²) in [5, 5.41) is 3.15. The van der Waals surface area contributed by atoms with Crippen molar-refractivity contribution in [2.45, 2.75) is 57.4 Å². The fourth-order valence-corrected chi connectivity index (χ4v) is 3.99. The van der Waals surface area contributed by atoms with Crippen molar-refractivity contribution >= 4 is 10.0 Å². The largest absolute Gasteiger partial charge is 0.497 e. The molecule has 0 unspecified atom stereocenters. The van der Waals surface area contributed by atoms with Gasteiger partial charge in [0.05, 0.1) is 12.4 Å². The highest BCUT2D eigenvalue weighted by molar-refractivity contribution is 7.90. The molecule has 2 N–H and O–H groups in total. The van der Waals surface area contributed by atoms with Crippen LogP contribution < -0.4 is 14.8 Å². The molecule has 24 heavy (non-hydrogen) atoms. The number of sulfonamides is 1. The second-order valence-corrected chi connectivity index (χ2v) is 9.18. The number of methoxy groups -OCH3 is 1. The maximum Gasteiger partial charge on any atom is 0.214 e. The van der Waals surface area contributed by atoms with Crippen LogP contribution in [-0.4, -0.2) is 33.4 Å². The molecule has 0 radical (unpaired) electrons. The second kappa shape index (κ2) is 8.83. The first-order valence-electron chi connectivity index (χ1n) is 8.75. The lowest BCUT2D eigenvalue weighted by molar-refractivity contribution is 0.302. The topological polar surface area (TPSA) is 67.4 Å². The molecule has 0 amide bonds. The summed E-state index contributed by atoms with van der Waals surface area (Å²) in [6.45, 7) is 5.27. The molecule has 1 saturated carbocycles. The molecule has 136 valence electrons. The monoisotopic (exact) mass is 354 g/mol. The van der Waals surface area contributed by atoms with Gasteiger partial charge >= 0.3 is 0 Å². The van der Waals surface area contributed by atoms with Crippen LogP contribution in [0.25, 0.3) is 0 Å². The Bertz CT molecular complexity index is 591. The van der Waals surface area contributed by atoms with E-state index < -0.39 is 10.0 Å². The summed E-state index contributed by atoms with van der Waals surface area (Å²) in [7, 11) is -1.48. The molecule has 5 nitrogen and oxygen atoms in total. The van der Waals surface area contributed by atoms with Gasteiger partial charge in [-0.3, -0.25) is 0 Å². The molecular formula is C18H30N2O3S. The molecule has 0 heterocycles. The standard InChI is InChI=1S/C18H30N2O3S/c1-14(2)24(21,22)20-17-8-4-15(5-9-17)12-19-13-16-6-10-18(23-3)11-7-16/h6-7,10-11,14-15,17,19-20H,4-5,8-9,12-13H2,1-3H3. The van der Waals surface area contributed by atoms with Gasteiger partial charge in [-0.25, -0.2) is 13.1 Å². The molecule has 1 fully saturated rings. The van der Waals surface area contributed by atoms with Crippen LogP contribution >= 0.6 is 0 Å². The van der Waals surface area contributed by atoms with E-state index in [2.05, 4.69) is 22.2 Å². The van der Waals surface area contributed by atoms with Crippen LogP contribution in [0.3, 0.4) is 0 Å². The predicted molar refractivity (Wildman–Crippen MR) is 97.6 cm³/mol. The van der Waals surface area contributed by atoms with E-state index in [4.69, 9.17) is 4.74 Å². The average Bonchev–Trinajstić information content (AvgIpc) is 2.56. The molecule has 0 atom stereocenters. The van der Waals surface area contributed by atoms with E-state index in [1.807, 2.05) is 12.1 Å². The van der Waals surface area contributed by atoms with Crippen LogP contribution in [0, 0.1) is 5.92 Å². The first-order valence-corrected chi connectivity index (χ1v) is 10.3. The Balaban J connectivity index is 1.67. The fraction of sp³-hybridized carbons (Fsp3) is 0.667. The Hall–Kier alpha value is -1.11. The molecule has 2 rings (SSSR count). The lowest BCUT2D eigenvalue weighted by atomic mass is 9.86. The zero-order valence-electron chi connectivity index (χ0n) is 14.9. The molecule has 1 aromatic carbocycles. The maximum atomic E-state index is 11.9. The second-order valence-electron chi connectivity index (χ2n) is 6.91. The quantitative estimate of drug-likeness (QED) is 0.753. The zero-order valence-corrected chi connectivity index (χ0v) is 15.7. The summed E-state index contributed by atoms with van der Waals surface area (Å²) < 4.78 is 31.9. The first-order chi connectivity index (χ1) is 11.4. The van der Waals surface area contributed by atoms with Crippen molar-refractivity contribution in [3.63, 3.8) is 0 Å². The Kier molecular flexibility index (Phi) is 7.07. The molecule has 0 aromatic heterocycles. The van der Waals surface area contributed by atoms with Crippen LogP contribution in [0.4, 0.5) is 0 Å². The molecule has 6 heteroatoms. The van der Waals surface area contributed by atoms with Gasteiger partial charge in [0, 0.05) is 12.6 Å². The van der Waals surface area contributed by atoms with E-state index in [0.29, 0.717) is 5.92 Å². The minimum atomic E-state index is -3.15. The van der Waals surface area contributed by atoms with Crippen LogP contribution in [0.2, 0.25) is 0 Å². The van der Waals surface area contributed by atoms with Gasteiger partial charge in [0.1, 0.15) is 5.75 Å². The van der Waals surface area contributed by atoms with Gasteiger partial charge in [-0.1, -0.05) is 12.1 Å². The van der Waals surface area contributed by atoms with Crippen molar-refractivity contribution in [3.05, 3.63) is 29.8 Å². The van der Waals surface area contributed by atoms with Crippen molar-refractivity contribution < 1.29 is 13.2 Å². The third-order valence-corrected chi connectivity index (χ3v) is 6.62. The summed E-state index contributed by atoms with van der Waals surface area (Å²) in [5.41, 5.74) is 1.24. The van der Waals surface area contributed by atoms with Crippen LogP contribution in [-0.2, 0) is 16.6 Å². The van der Waals surface area contributed by atoms with E-state index in [0.717, 1.165) is 44.5 Å². The minimum Gasteiger partial charge on any atom is -0.497 e. The first kappa shape index (κ1) is 19.2. The summed E-state index contributed by atoms with van der Waals surface area (Å²) in [6.07, 6.45) is 4.00. The molecule has 0 bridgehead atoms. The van der Waals surface area contributed by atoms with Crippen LogP contribution in [0.1, 0.15) is 45.1 Å². The molecule has 1 aliphatic rings. The van der Waals surface area contributed by atoms with E-state index in [-0.39, 0.29) is 11.3 Å². The highest BCUT2D eigenvalue weighted by Gasteiger charge is 2.26. The van der Waals surface area contributed by atoms with E-state index >= 15 is 0 Å². The Labute approximate surface area is 146 Å².